The minimum absolute atomic E-state index is 0.0892. The van der Waals surface area contributed by atoms with Gasteiger partial charge in [0.05, 0.1) is 28.1 Å². The van der Waals surface area contributed by atoms with Crippen molar-refractivity contribution in [2.75, 3.05) is 18.5 Å². The quantitative estimate of drug-likeness (QED) is 0.0740. The third-order valence-corrected chi connectivity index (χ3v) is 8.40. The lowest BCUT2D eigenvalue weighted by Crippen LogP contribution is -2.34. The van der Waals surface area contributed by atoms with Gasteiger partial charge in [0.25, 0.3) is 0 Å². The Kier molecular flexibility index (Phi) is 9.75. The van der Waals surface area contributed by atoms with Crippen LogP contribution in [-0.4, -0.2) is 19.6 Å². The molecule has 0 bridgehead atoms. The Bertz CT molecular complexity index is 1500. The van der Waals surface area contributed by atoms with Crippen molar-refractivity contribution in [1.82, 2.24) is 5.48 Å². The lowest BCUT2D eigenvalue weighted by molar-refractivity contribution is -0.662. The van der Waals surface area contributed by atoms with Gasteiger partial charge < -0.3 is 14.8 Å². The van der Waals surface area contributed by atoms with E-state index in [4.69, 9.17) is 9.32 Å². The van der Waals surface area contributed by atoms with Gasteiger partial charge >= 0.3 is 0 Å². The summed E-state index contributed by atoms with van der Waals surface area (Å²) in [5.74, 6) is -1.01. The van der Waals surface area contributed by atoms with E-state index in [2.05, 4.69) is 101 Å². The summed E-state index contributed by atoms with van der Waals surface area (Å²) in [5.41, 5.74) is 7.51. The first-order chi connectivity index (χ1) is 19.6. The Morgan fingerprint density at radius 3 is 2.73 bits per heavy atom. The first-order valence-electron chi connectivity index (χ1n) is 13.2. The van der Waals surface area contributed by atoms with Gasteiger partial charge in [0.15, 0.2) is 12.7 Å². The molecule has 3 aromatic carbocycles. The van der Waals surface area contributed by atoms with E-state index in [1.54, 1.807) is 11.8 Å². The molecule has 0 amide bonds. The molecule has 1 aliphatic rings. The van der Waals surface area contributed by atoms with Crippen molar-refractivity contribution >= 4 is 52.4 Å². The lowest BCUT2D eigenvalue weighted by Gasteiger charge is -2.14. The number of benzene rings is 3. The molecule has 5 rings (SSSR count). The highest BCUT2D eigenvalue weighted by Crippen LogP contribution is 2.47. The molecule has 4 aromatic rings. The maximum absolute atomic E-state index is 10.4. The van der Waals surface area contributed by atoms with Crippen LogP contribution in [0.25, 0.3) is 17.0 Å². The number of carbonyl (C=O) groups excluding carboxylic acids is 1. The molecule has 2 heterocycles. The number of carbonyl (C=O) groups is 1. The van der Waals surface area contributed by atoms with Crippen LogP contribution in [0.4, 0.5) is 5.69 Å². The zero-order valence-electron chi connectivity index (χ0n) is 22.2. The second kappa shape index (κ2) is 13.8. The van der Waals surface area contributed by atoms with Gasteiger partial charge in [-0.05, 0) is 55.2 Å². The van der Waals surface area contributed by atoms with E-state index in [1.807, 2.05) is 12.1 Å². The van der Waals surface area contributed by atoms with Crippen molar-refractivity contribution in [3.63, 3.8) is 0 Å². The van der Waals surface area contributed by atoms with Gasteiger partial charge in [-0.1, -0.05) is 60.6 Å². The van der Waals surface area contributed by atoms with E-state index in [1.165, 1.54) is 26.9 Å². The van der Waals surface area contributed by atoms with Crippen LogP contribution in [0.3, 0.4) is 0 Å². The highest BCUT2D eigenvalue weighted by Gasteiger charge is 2.23. The number of hydrogen-bond donors (Lipinski definition) is 1. The number of unbranched alkanes of at least 4 members (excludes halogenated alkanes) is 2. The molecule has 7 nitrogen and oxygen atoms in total. The summed E-state index contributed by atoms with van der Waals surface area (Å²) in [7, 11) is 2.08. The third kappa shape index (κ3) is 7.24. The molecule has 0 atom stereocenters. The fourth-order valence-electron chi connectivity index (χ4n) is 4.57. The maximum Gasteiger partial charge on any atom is 0.213 e. The summed E-state index contributed by atoms with van der Waals surface area (Å²) >= 11 is 2.89. The highest BCUT2D eigenvalue weighted by molar-refractivity contribution is 8.04. The number of anilines is 1. The van der Waals surface area contributed by atoms with Gasteiger partial charge in [0, 0.05) is 47.0 Å². The molecule has 0 fully saturated rings. The zero-order chi connectivity index (χ0) is 27.7. The summed E-state index contributed by atoms with van der Waals surface area (Å²) in [6, 6.07) is 27.5. The van der Waals surface area contributed by atoms with Gasteiger partial charge in [-0.3, -0.25) is 0 Å². The largest absolute Gasteiger partial charge is 0.550 e. The van der Waals surface area contributed by atoms with Crippen LogP contribution >= 0.6 is 23.8 Å². The zero-order valence-corrected chi connectivity index (χ0v) is 23.9. The van der Waals surface area contributed by atoms with Crippen LogP contribution in [0.2, 0.25) is 0 Å². The molecule has 1 aromatic heterocycles. The Balaban J connectivity index is 1.21. The molecule has 0 aliphatic carbocycles. The summed E-state index contributed by atoms with van der Waals surface area (Å²) < 4.78 is 7.54. The molecular formula is C31H31N3O4S2. The molecule has 0 spiro atoms. The number of hydroxylamine groups is 1. The first kappa shape index (κ1) is 28.2. The Morgan fingerprint density at radius 1 is 1.05 bits per heavy atom. The minimum Gasteiger partial charge on any atom is -0.550 e. The number of para-hydroxylation sites is 1. The van der Waals surface area contributed by atoms with Crippen LogP contribution in [0.5, 0.6) is 0 Å². The Hall–Kier alpha value is -3.34. The van der Waals surface area contributed by atoms with E-state index >= 15 is 0 Å². The molecule has 1 aliphatic heterocycles. The summed E-state index contributed by atoms with van der Waals surface area (Å²) in [6.45, 7) is 1.40. The smallest absolute Gasteiger partial charge is 0.213 e. The van der Waals surface area contributed by atoms with Gasteiger partial charge in [-0.2, -0.15) is 10.0 Å². The van der Waals surface area contributed by atoms with Gasteiger partial charge in [-0.25, -0.2) is 0 Å². The van der Waals surface area contributed by atoms with Crippen LogP contribution in [-0.2, 0) is 20.7 Å². The number of aromatic nitrogens is 1. The summed E-state index contributed by atoms with van der Waals surface area (Å²) in [6.07, 6.45) is 6.69. The number of carboxylic acids is 1. The third-order valence-electron chi connectivity index (χ3n) is 6.65. The van der Waals surface area contributed by atoms with E-state index in [0.717, 1.165) is 47.0 Å². The molecular weight excluding hydrogens is 542 g/mol. The Morgan fingerprint density at radius 2 is 1.88 bits per heavy atom. The summed E-state index contributed by atoms with van der Waals surface area (Å²) in [5, 5.41) is 12.8. The van der Waals surface area contributed by atoms with Crippen LogP contribution in [0, 0.1) is 0 Å². The minimum atomic E-state index is -1.01. The Labute approximate surface area is 242 Å². The number of carboxylic acid groups (broad SMARTS) is 1. The van der Waals surface area contributed by atoms with Gasteiger partial charge in [0.2, 0.25) is 5.52 Å². The van der Waals surface area contributed by atoms with Crippen molar-refractivity contribution in [2.24, 2.45) is 0 Å². The van der Waals surface area contributed by atoms with E-state index in [9.17, 15) is 9.90 Å². The predicted octanol–water partition coefficient (Wildman–Crippen LogP) is 5.49. The van der Waals surface area contributed by atoms with Gasteiger partial charge in [0.1, 0.15) is 0 Å². The molecule has 0 saturated heterocycles. The van der Waals surface area contributed by atoms with Gasteiger partial charge in [-0.15, -0.1) is 9.32 Å². The number of thioether (sulfide) groups is 1. The molecule has 0 radical (unpaired) electrons. The van der Waals surface area contributed by atoms with E-state index < -0.39 is 5.97 Å². The number of nitrogens with one attached hydrogen (secondary N) is 1. The lowest BCUT2D eigenvalue weighted by atomic mass is 10.1. The normalized spacial score (nSPS) is 13.7. The van der Waals surface area contributed by atoms with E-state index in [0.29, 0.717) is 13.0 Å². The number of pyridine rings is 1. The highest BCUT2D eigenvalue weighted by atomic mass is 32.2. The number of fused-ring (bicyclic) bond motifs is 2. The summed E-state index contributed by atoms with van der Waals surface area (Å²) in [4.78, 5) is 19.8. The number of hydrogen-bond acceptors (Lipinski definition) is 8. The van der Waals surface area contributed by atoms with Crippen molar-refractivity contribution in [3.05, 3.63) is 101 Å². The van der Waals surface area contributed by atoms with Crippen molar-refractivity contribution in [1.29, 1.82) is 0 Å². The van der Waals surface area contributed by atoms with Crippen molar-refractivity contribution < 1.29 is 23.8 Å². The number of aliphatic carboxylic acids is 1. The molecule has 40 heavy (non-hydrogen) atoms. The maximum atomic E-state index is 10.4. The second-order valence-electron chi connectivity index (χ2n) is 9.49. The monoisotopic (exact) mass is 573 g/mol. The van der Waals surface area contributed by atoms with E-state index in [-0.39, 0.29) is 6.42 Å². The van der Waals surface area contributed by atoms with Crippen molar-refractivity contribution in [2.45, 2.75) is 42.0 Å². The SMILES string of the molecule is CN1C(=Cc2cc[n+](Cc3ccccc3)c3ccccc23)Sc2ccc(SOONCCCCCC(=O)[O-])cc21. The number of nitrogens with zero attached hydrogens (tertiary/aromatic N) is 2. The standard InChI is InChI=1S/C31H31N3O4S2/c1-33-28-21-25(40-38-37-32-18-9-3-6-14-31(35)36)15-16-29(28)39-30(33)20-24-17-19-34(22-23-10-4-2-5-11-23)27-13-8-7-12-26(24)27/h2,4-5,7-8,10-13,15-17,19-21,32H,3,6,9,14,18,22H2,1H3. The molecule has 9 heteroatoms. The average molecular weight is 574 g/mol. The van der Waals surface area contributed by atoms with Crippen LogP contribution < -0.4 is 20.1 Å². The number of rotatable bonds is 13. The predicted molar refractivity (Wildman–Crippen MR) is 158 cm³/mol. The molecule has 206 valence electrons. The molecule has 1 N–H and O–H groups in total. The molecule has 0 unspecified atom stereocenters. The fourth-order valence-corrected chi connectivity index (χ4v) is 6.10. The second-order valence-corrected chi connectivity index (χ2v) is 11.3. The van der Waals surface area contributed by atoms with Crippen LogP contribution in [0.15, 0.2) is 99.9 Å². The molecule has 0 saturated carbocycles. The van der Waals surface area contributed by atoms with Crippen molar-refractivity contribution in [3.8, 4) is 0 Å². The van der Waals surface area contributed by atoms with Crippen LogP contribution in [0.1, 0.15) is 36.8 Å². The average Bonchev–Trinajstić information content (AvgIpc) is 3.28. The topological polar surface area (TPSA) is 77.7 Å². The fraction of sp³-hybridized carbons (Fsp3) is 0.226. The first-order valence-corrected chi connectivity index (χ1v) is 14.8.